The first kappa shape index (κ1) is 16.5. The molecule has 0 saturated carbocycles. The summed E-state index contributed by atoms with van der Waals surface area (Å²) >= 11 is 0. The first-order valence-electron chi connectivity index (χ1n) is 7.14. The lowest BCUT2D eigenvalue weighted by Gasteiger charge is -2.19. The minimum atomic E-state index is -0.753. The molecular weight excluding hydrogens is 304 g/mol. The number of likely N-dealkylation sites (tertiary alicyclic amines) is 1. The Kier molecular flexibility index (Phi) is 5.21. The topological polar surface area (TPSA) is 66.6 Å². The zero-order valence-electron chi connectivity index (χ0n) is 12.4. The summed E-state index contributed by atoms with van der Waals surface area (Å²) in [5.41, 5.74) is 1.75. The van der Waals surface area contributed by atoms with Crippen LogP contribution >= 0.6 is 12.4 Å². The van der Waals surface area contributed by atoms with Gasteiger partial charge in [0.25, 0.3) is 0 Å². The van der Waals surface area contributed by atoms with E-state index >= 15 is 0 Å². The van der Waals surface area contributed by atoms with E-state index in [4.69, 9.17) is 4.42 Å². The first-order valence-corrected chi connectivity index (χ1v) is 7.14. The molecule has 0 bridgehead atoms. The molecule has 0 radical (unpaired) electrons. The Morgan fingerprint density at radius 1 is 1.41 bits per heavy atom. The van der Waals surface area contributed by atoms with Gasteiger partial charge >= 0.3 is 5.97 Å². The molecule has 0 amide bonds. The van der Waals surface area contributed by atoms with Crippen LogP contribution in [0.5, 0.6) is 0 Å². The molecule has 2 heterocycles. The van der Waals surface area contributed by atoms with Gasteiger partial charge in [0.2, 0.25) is 5.89 Å². The Balaban J connectivity index is 0.00000176. The predicted molar refractivity (Wildman–Crippen MR) is 85.0 cm³/mol. The molecule has 0 unspecified atom stereocenters. The van der Waals surface area contributed by atoms with Gasteiger partial charge in [-0.2, -0.15) is 0 Å². The molecule has 5 nitrogen and oxygen atoms in total. The largest absolute Gasteiger partial charge is 0.480 e. The zero-order chi connectivity index (χ0) is 14.8. The van der Waals surface area contributed by atoms with Gasteiger partial charge in [-0.05, 0) is 38.4 Å². The number of nitrogens with zero attached hydrogens (tertiary/aromatic N) is 2. The summed E-state index contributed by atoms with van der Waals surface area (Å²) in [6.45, 7) is 3.20. The number of benzene rings is 1. The number of aryl methyl sites for hydroxylation is 1. The van der Waals surface area contributed by atoms with Crippen LogP contribution in [-0.2, 0) is 11.3 Å². The summed E-state index contributed by atoms with van der Waals surface area (Å²) in [5, 5.41) is 9.23. The van der Waals surface area contributed by atoms with Crippen LogP contribution in [0.1, 0.15) is 24.3 Å². The van der Waals surface area contributed by atoms with Crippen molar-refractivity contribution in [3.8, 4) is 11.5 Å². The molecule has 2 aromatic rings. The van der Waals surface area contributed by atoms with Crippen molar-refractivity contribution in [1.82, 2.24) is 9.88 Å². The minimum absolute atomic E-state index is 0. The third-order valence-electron chi connectivity index (χ3n) is 3.91. The molecule has 0 aliphatic carbocycles. The van der Waals surface area contributed by atoms with Gasteiger partial charge in [-0.15, -0.1) is 12.4 Å². The van der Waals surface area contributed by atoms with Crippen LogP contribution in [-0.4, -0.2) is 33.5 Å². The normalized spacial score (nSPS) is 18.1. The maximum atomic E-state index is 11.2. The van der Waals surface area contributed by atoms with Crippen LogP contribution in [0.25, 0.3) is 11.5 Å². The summed E-state index contributed by atoms with van der Waals surface area (Å²) in [6, 6.07) is 9.32. The van der Waals surface area contributed by atoms with Gasteiger partial charge in [-0.1, -0.05) is 18.2 Å². The maximum absolute atomic E-state index is 11.2. The van der Waals surface area contributed by atoms with Gasteiger partial charge in [0.15, 0.2) is 0 Å². The number of aromatic nitrogens is 1. The summed E-state index contributed by atoms with van der Waals surface area (Å²) in [5.74, 6) is 0.594. The molecular formula is C16H19ClN2O3. The third kappa shape index (κ3) is 3.31. The molecule has 1 aromatic heterocycles. The fraction of sp³-hybridized carbons (Fsp3) is 0.375. The van der Waals surface area contributed by atoms with Gasteiger partial charge in [-0.25, -0.2) is 4.98 Å². The van der Waals surface area contributed by atoms with Gasteiger partial charge < -0.3 is 9.52 Å². The first-order chi connectivity index (χ1) is 10.1. The molecule has 1 aromatic carbocycles. The summed E-state index contributed by atoms with van der Waals surface area (Å²) in [7, 11) is 0. The number of aliphatic carboxylic acids is 1. The van der Waals surface area contributed by atoms with Crippen molar-refractivity contribution < 1.29 is 14.3 Å². The summed E-state index contributed by atoms with van der Waals surface area (Å²) < 4.78 is 5.72. The Morgan fingerprint density at radius 2 is 2.14 bits per heavy atom. The molecule has 1 fully saturated rings. The van der Waals surface area contributed by atoms with Crippen LogP contribution in [0.3, 0.4) is 0 Å². The van der Waals surface area contributed by atoms with E-state index in [1.807, 2.05) is 42.2 Å². The second-order valence-electron chi connectivity index (χ2n) is 5.35. The number of carboxylic acid groups (broad SMARTS) is 1. The second kappa shape index (κ2) is 6.94. The number of halogens is 1. The molecule has 1 N–H and O–H groups in total. The highest BCUT2D eigenvalue weighted by Crippen LogP contribution is 2.25. The van der Waals surface area contributed by atoms with Gasteiger partial charge in [0.05, 0.1) is 5.69 Å². The van der Waals surface area contributed by atoms with E-state index in [0.29, 0.717) is 18.9 Å². The van der Waals surface area contributed by atoms with Crippen LogP contribution in [0.4, 0.5) is 0 Å². The molecule has 3 rings (SSSR count). The van der Waals surface area contributed by atoms with Gasteiger partial charge in [0.1, 0.15) is 11.8 Å². The average Bonchev–Trinajstić information content (AvgIpc) is 3.08. The van der Waals surface area contributed by atoms with Crippen molar-refractivity contribution in [1.29, 1.82) is 0 Å². The van der Waals surface area contributed by atoms with Crippen LogP contribution in [0.15, 0.2) is 34.7 Å². The molecule has 1 atom stereocenters. The summed E-state index contributed by atoms with van der Waals surface area (Å²) in [4.78, 5) is 17.7. The molecule has 1 aliphatic heterocycles. The predicted octanol–water partition coefficient (Wildman–Crippen LogP) is 3.12. The fourth-order valence-corrected chi connectivity index (χ4v) is 2.77. The van der Waals surface area contributed by atoms with Crippen molar-refractivity contribution in [2.75, 3.05) is 6.54 Å². The van der Waals surface area contributed by atoms with E-state index in [0.717, 1.165) is 30.0 Å². The molecule has 1 saturated heterocycles. The highest BCUT2D eigenvalue weighted by molar-refractivity contribution is 5.85. The van der Waals surface area contributed by atoms with E-state index in [-0.39, 0.29) is 12.4 Å². The molecule has 0 spiro atoms. The Hall–Kier alpha value is -1.85. The number of hydrogen-bond acceptors (Lipinski definition) is 4. The molecule has 1 aliphatic rings. The maximum Gasteiger partial charge on any atom is 0.320 e. The van der Waals surface area contributed by atoms with Gasteiger partial charge in [0, 0.05) is 12.1 Å². The SMILES string of the molecule is Cc1oc(-c2ccccc2)nc1CN1CCC[C@@H]1C(=O)O.Cl. The fourth-order valence-electron chi connectivity index (χ4n) is 2.77. The smallest absolute Gasteiger partial charge is 0.320 e. The van der Waals surface area contributed by atoms with E-state index < -0.39 is 12.0 Å². The number of hydrogen-bond donors (Lipinski definition) is 1. The molecule has 22 heavy (non-hydrogen) atoms. The minimum Gasteiger partial charge on any atom is -0.480 e. The highest BCUT2D eigenvalue weighted by Gasteiger charge is 2.31. The Labute approximate surface area is 135 Å². The third-order valence-corrected chi connectivity index (χ3v) is 3.91. The lowest BCUT2D eigenvalue weighted by atomic mass is 10.2. The van der Waals surface area contributed by atoms with Crippen LogP contribution < -0.4 is 0 Å². The standard InChI is InChI=1S/C16H18N2O3.ClH/c1-11-13(10-18-9-5-8-14(18)16(19)20)17-15(21-11)12-6-3-2-4-7-12;/h2-4,6-7,14H,5,8-10H2,1H3,(H,19,20);1H/t14-;/m1./s1. The summed E-state index contributed by atoms with van der Waals surface area (Å²) in [6.07, 6.45) is 1.62. The van der Waals surface area contributed by atoms with Crippen molar-refractivity contribution >= 4 is 18.4 Å². The van der Waals surface area contributed by atoms with Crippen LogP contribution in [0.2, 0.25) is 0 Å². The Morgan fingerprint density at radius 3 is 2.82 bits per heavy atom. The number of carboxylic acids is 1. The number of oxazole rings is 1. The second-order valence-corrected chi connectivity index (χ2v) is 5.35. The Bertz CT molecular complexity index is 642. The number of rotatable bonds is 4. The zero-order valence-corrected chi connectivity index (χ0v) is 13.2. The van der Waals surface area contributed by atoms with E-state index in [1.165, 1.54) is 0 Å². The van der Waals surface area contributed by atoms with Gasteiger partial charge in [-0.3, -0.25) is 9.69 Å². The van der Waals surface area contributed by atoms with E-state index in [2.05, 4.69) is 4.98 Å². The lowest BCUT2D eigenvalue weighted by molar-refractivity contribution is -0.142. The van der Waals surface area contributed by atoms with E-state index in [1.54, 1.807) is 0 Å². The quantitative estimate of drug-likeness (QED) is 0.936. The van der Waals surface area contributed by atoms with Crippen molar-refractivity contribution in [2.45, 2.75) is 32.4 Å². The molecule has 6 heteroatoms. The number of carbonyl (C=O) groups is 1. The monoisotopic (exact) mass is 322 g/mol. The van der Waals surface area contributed by atoms with Crippen molar-refractivity contribution in [3.63, 3.8) is 0 Å². The van der Waals surface area contributed by atoms with Crippen molar-refractivity contribution in [3.05, 3.63) is 41.8 Å². The average molecular weight is 323 g/mol. The van der Waals surface area contributed by atoms with Crippen LogP contribution in [0, 0.1) is 6.92 Å². The van der Waals surface area contributed by atoms with Crippen molar-refractivity contribution in [2.24, 2.45) is 0 Å². The van der Waals surface area contributed by atoms with E-state index in [9.17, 15) is 9.90 Å². The highest BCUT2D eigenvalue weighted by atomic mass is 35.5. The lowest BCUT2D eigenvalue weighted by Crippen LogP contribution is -2.35. The molecule has 118 valence electrons.